The molecule has 1 N–H and O–H groups in total. The maximum Gasteiger partial charge on any atom is 0.119 e. The van der Waals surface area contributed by atoms with Gasteiger partial charge >= 0.3 is 0 Å². The Bertz CT molecular complexity index is 371. The standard InChI is InChI=1S/C16H24O2/c1-3-12-18-15-9-7-14(8-10-15)16(17)11-5-4-6-13(16)2/h7-10,13,17H,3-6,11-12H2,1-2H3. The predicted octanol–water partition coefficient (Wildman–Crippen LogP) is 3.87. The molecule has 2 atom stereocenters. The van der Waals surface area contributed by atoms with Crippen molar-refractivity contribution in [1.82, 2.24) is 0 Å². The number of ether oxygens (including phenoxy) is 1. The number of rotatable bonds is 4. The largest absolute Gasteiger partial charge is 0.494 e. The monoisotopic (exact) mass is 248 g/mol. The molecule has 1 aliphatic rings. The molecular formula is C16H24O2. The van der Waals surface area contributed by atoms with Gasteiger partial charge in [-0.1, -0.05) is 38.8 Å². The van der Waals surface area contributed by atoms with Crippen LogP contribution in [0.2, 0.25) is 0 Å². The minimum Gasteiger partial charge on any atom is -0.494 e. The van der Waals surface area contributed by atoms with Crippen molar-refractivity contribution in [1.29, 1.82) is 0 Å². The zero-order chi connectivity index (χ0) is 13.0. The van der Waals surface area contributed by atoms with E-state index in [2.05, 4.69) is 13.8 Å². The highest BCUT2D eigenvalue weighted by molar-refractivity contribution is 5.31. The van der Waals surface area contributed by atoms with E-state index in [1.165, 1.54) is 6.42 Å². The zero-order valence-corrected chi connectivity index (χ0v) is 11.5. The molecule has 0 saturated heterocycles. The van der Waals surface area contributed by atoms with Crippen molar-refractivity contribution in [2.24, 2.45) is 5.92 Å². The van der Waals surface area contributed by atoms with E-state index < -0.39 is 5.60 Å². The third kappa shape index (κ3) is 2.69. The molecule has 0 radical (unpaired) electrons. The van der Waals surface area contributed by atoms with E-state index in [1.807, 2.05) is 24.3 Å². The van der Waals surface area contributed by atoms with Crippen LogP contribution in [0.5, 0.6) is 5.75 Å². The summed E-state index contributed by atoms with van der Waals surface area (Å²) in [6, 6.07) is 7.99. The Morgan fingerprint density at radius 1 is 1.28 bits per heavy atom. The second-order valence-corrected chi connectivity index (χ2v) is 5.44. The molecule has 100 valence electrons. The number of hydrogen-bond donors (Lipinski definition) is 1. The van der Waals surface area contributed by atoms with Crippen LogP contribution in [-0.2, 0) is 5.60 Å². The molecule has 0 amide bonds. The van der Waals surface area contributed by atoms with Gasteiger partial charge in [-0.05, 0) is 42.9 Å². The minimum absolute atomic E-state index is 0.341. The lowest BCUT2D eigenvalue weighted by Crippen LogP contribution is -2.36. The first-order valence-corrected chi connectivity index (χ1v) is 7.12. The molecule has 0 spiro atoms. The van der Waals surface area contributed by atoms with E-state index in [0.29, 0.717) is 5.92 Å². The lowest BCUT2D eigenvalue weighted by atomic mass is 9.72. The molecule has 1 aromatic carbocycles. The van der Waals surface area contributed by atoms with Gasteiger partial charge in [0.05, 0.1) is 12.2 Å². The van der Waals surface area contributed by atoms with E-state index >= 15 is 0 Å². The first-order valence-electron chi connectivity index (χ1n) is 7.12. The van der Waals surface area contributed by atoms with Crippen LogP contribution in [0.25, 0.3) is 0 Å². The Morgan fingerprint density at radius 3 is 2.61 bits per heavy atom. The summed E-state index contributed by atoms with van der Waals surface area (Å²) in [5.41, 5.74) is 0.403. The average Bonchev–Trinajstić information content (AvgIpc) is 2.40. The zero-order valence-electron chi connectivity index (χ0n) is 11.5. The molecule has 1 saturated carbocycles. The van der Waals surface area contributed by atoms with E-state index in [9.17, 15) is 5.11 Å². The highest BCUT2D eigenvalue weighted by atomic mass is 16.5. The molecule has 2 nitrogen and oxygen atoms in total. The molecule has 0 aliphatic heterocycles. The Balaban J connectivity index is 2.12. The van der Waals surface area contributed by atoms with Gasteiger partial charge in [-0.25, -0.2) is 0 Å². The van der Waals surface area contributed by atoms with E-state index in [-0.39, 0.29) is 0 Å². The second kappa shape index (κ2) is 5.75. The van der Waals surface area contributed by atoms with Crippen LogP contribution in [0.15, 0.2) is 24.3 Å². The lowest BCUT2D eigenvalue weighted by molar-refractivity contribution is -0.0469. The second-order valence-electron chi connectivity index (χ2n) is 5.44. The molecule has 0 heterocycles. The molecule has 1 aliphatic carbocycles. The maximum atomic E-state index is 10.8. The quantitative estimate of drug-likeness (QED) is 0.876. The van der Waals surface area contributed by atoms with Gasteiger partial charge in [0.25, 0.3) is 0 Å². The van der Waals surface area contributed by atoms with E-state index in [4.69, 9.17) is 4.74 Å². The third-order valence-corrected chi connectivity index (χ3v) is 4.09. The topological polar surface area (TPSA) is 29.5 Å². The molecule has 0 aromatic heterocycles. The van der Waals surface area contributed by atoms with Crippen molar-refractivity contribution in [2.75, 3.05) is 6.61 Å². The van der Waals surface area contributed by atoms with Crippen LogP contribution in [0, 0.1) is 5.92 Å². The Kier molecular flexibility index (Phi) is 4.28. The van der Waals surface area contributed by atoms with Gasteiger partial charge in [-0.3, -0.25) is 0 Å². The SMILES string of the molecule is CCCOc1ccc(C2(O)CCCCC2C)cc1. The lowest BCUT2D eigenvalue weighted by Gasteiger charge is -2.38. The van der Waals surface area contributed by atoms with E-state index in [0.717, 1.165) is 43.6 Å². The molecule has 2 unspecified atom stereocenters. The Morgan fingerprint density at radius 2 is 2.00 bits per heavy atom. The fraction of sp³-hybridized carbons (Fsp3) is 0.625. The van der Waals surface area contributed by atoms with Crippen LogP contribution in [0.3, 0.4) is 0 Å². The van der Waals surface area contributed by atoms with Crippen LogP contribution < -0.4 is 4.74 Å². The van der Waals surface area contributed by atoms with Gasteiger partial charge in [-0.2, -0.15) is 0 Å². The number of benzene rings is 1. The summed E-state index contributed by atoms with van der Waals surface area (Å²) in [5, 5.41) is 10.8. The predicted molar refractivity (Wildman–Crippen MR) is 73.8 cm³/mol. The average molecular weight is 248 g/mol. The van der Waals surface area contributed by atoms with Gasteiger partial charge in [0.2, 0.25) is 0 Å². The Labute approximate surface area is 110 Å². The van der Waals surface area contributed by atoms with Crippen LogP contribution in [-0.4, -0.2) is 11.7 Å². The number of hydrogen-bond acceptors (Lipinski definition) is 2. The Hall–Kier alpha value is -1.02. The number of aliphatic hydroxyl groups is 1. The normalized spacial score (nSPS) is 28.1. The fourth-order valence-corrected chi connectivity index (χ4v) is 2.82. The van der Waals surface area contributed by atoms with Gasteiger partial charge in [0, 0.05) is 0 Å². The van der Waals surface area contributed by atoms with Crippen LogP contribution in [0.4, 0.5) is 0 Å². The summed E-state index contributed by atoms with van der Waals surface area (Å²) in [6.45, 7) is 5.00. The van der Waals surface area contributed by atoms with E-state index in [1.54, 1.807) is 0 Å². The van der Waals surface area contributed by atoms with Crippen molar-refractivity contribution in [3.05, 3.63) is 29.8 Å². The van der Waals surface area contributed by atoms with Crippen molar-refractivity contribution >= 4 is 0 Å². The van der Waals surface area contributed by atoms with Gasteiger partial charge in [0.15, 0.2) is 0 Å². The summed E-state index contributed by atoms with van der Waals surface area (Å²) in [6.07, 6.45) is 5.37. The van der Waals surface area contributed by atoms with Gasteiger partial charge < -0.3 is 9.84 Å². The molecule has 1 fully saturated rings. The summed E-state index contributed by atoms with van der Waals surface area (Å²) in [5.74, 6) is 1.24. The summed E-state index contributed by atoms with van der Waals surface area (Å²) in [7, 11) is 0. The first-order chi connectivity index (χ1) is 8.66. The fourth-order valence-electron chi connectivity index (χ4n) is 2.82. The minimum atomic E-state index is -0.637. The van der Waals surface area contributed by atoms with Gasteiger partial charge in [-0.15, -0.1) is 0 Å². The van der Waals surface area contributed by atoms with Crippen molar-refractivity contribution in [3.8, 4) is 5.75 Å². The van der Waals surface area contributed by atoms with Crippen LogP contribution >= 0.6 is 0 Å². The molecule has 1 aromatic rings. The third-order valence-electron chi connectivity index (χ3n) is 4.09. The highest BCUT2D eigenvalue weighted by Gasteiger charge is 2.37. The van der Waals surface area contributed by atoms with Crippen molar-refractivity contribution < 1.29 is 9.84 Å². The first kappa shape index (κ1) is 13.4. The molecule has 0 bridgehead atoms. The van der Waals surface area contributed by atoms with Crippen LogP contribution in [0.1, 0.15) is 51.5 Å². The van der Waals surface area contributed by atoms with Crippen molar-refractivity contribution in [3.63, 3.8) is 0 Å². The van der Waals surface area contributed by atoms with Crippen molar-refractivity contribution in [2.45, 2.75) is 51.6 Å². The summed E-state index contributed by atoms with van der Waals surface area (Å²) >= 11 is 0. The molecular weight excluding hydrogens is 224 g/mol. The smallest absolute Gasteiger partial charge is 0.119 e. The summed E-state index contributed by atoms with van der Waals surface area (Å²) < 4.78 is 5.58. The van der Waals surface area contributed by atoms with Gasteiger partial charge in [0.1, 0.15) is 5.75 Å². The summed E-state index contributed by atoms with van der Waals surface area (Å²) in [4.78, 5) is 0. The highest BCUT2D eigenvalue weighted by Crippen LogP contribution is 2.41. The molecule has 2 heteroatoms. The molecule has 18 heavy (non-hydrogen) atoms. The molecule has 2 rings (SSSR count). The maximum absolute atomic E-state index is 10.8.